The van der Waals surface area contributed by atoms with Gasteiger partial charge in [0, 0.05) is 12.2 Å². The molecule has 1 aliphatic rings. The van der Waals surface area contributed by atoms with E-state index in [9.17, 15) is 0 Å². The predicted molar refractivity (Wildman–Crippen MR) is 125 cm³/mol. The Morgan fingerprint density at radius 1 is 0.897 bits per heavy atom. The largest absolute Gasteiger partial charge is 0.494 e. The molecule has 0 radical (unpaired) electrons. The molecule has 0 amide bonds. The second-order valence-corrected chi connectivity index (χ2v) is 11.2. The summed E-state index contributed by atoms with van der Waals surface area (Å²) in [6, 6.07) is 9.88. The molecule has 4 heteroatoms. The molecule has 0 N–H and O–H groups in total. The first-order valence-corrected chi connectivity index (χ1v) is 13.8. The lowest BCUT2D eigenvalue weighted by Crippen LogP contribution is -2.29. The Bertz CT molecular complexity index is 526. The van der Waals surface area contributed by atoms with Gasteiger partial charge in [0.1, 0.15) is 5.75 Å². The van der Waals surface area contributed by atoms with Crippen LogP contribution in [0.2, 0.25) is 6.04 Å². The Kier molecular flexibility index (Phi) is 11.3. The number of ether oxygens (including phenoxy) is 1. The van der Waals surface area contributed by atoms with E-state index < -0.39 is 9.28 Å². The molecule has 0 aliphatic heterocycles. The fraction of sp³-hybridized carbons (Fsp3) is 0.760. The van der Waals surface area contributed by atoms with Crippen LogP contribution in [-0.4, -0.2) is 28.1 Å². The van der Waals surface area contributed by atoms with E-state index in [4.69, 9.17) is 13.6 Å². The zero-order valence-electron chi connectivity index (χ0n) is 19.5. The minimum absolute atomic E-state index is 0.237. The fourth-order valence-electron chi connectivity index (χ4n) is 4.33. The highest BCUT2D eigenvalue weighted by molar-refractivity contribution is 6.44. The maximum atomic E-state index is 5.99. The highest BCUT2D eigenvalue weighted by Gasteiger charge is 2.22. The lowest BCUT2D eigenvalue weighted by Gasteiger charge is -2.29. The first-order chi connectivity index (χ1) is 14.0. The predicted octanol–water partition coefficient (Wildman–Crippen LogP) is 6.99. The summed E-state index contributed by atoms with van der Waals surface area (Å²) in [4.78, 5) is 0. The van der Waals surface area contributed by atoms with E-state index in [2.05, 4.69) is 58.9 Å². The Morgan fingerprint density at radius 3 is 2.07 bits per heavy atom. The molecule has 1 aliphatic carbocycles. The van der Waals surface area contributed by atoms with Crippen molar-refractivity contribution >= 4 is 9.28 Å². The minimum atomic E-state index is -1.60. The summed E-state index contributed by atoms with van der Waals surface area (Å²) < 4.78 is 18.0. The molecule has 1 fully saturated rings. The van der Waals surface area contributed by atoms with E-state index in [1.165, 1.54) is 50.5 Å². The number of rotatable bonds is 13. The summed E-state index contributed by atoms with van der Waals surface area (Å²) in [6.07, 6.45) is 11.1. The number of benzene rings is 1. The molecule has 0 aromatic heterocycles. The summed E-state index contributed by atoms with van der Waals surface area (Å²) in [5, 5.41) is 0. The summed E-state index contributed by atoms with van der Waals surface area (Å²) >= 11 is 0. The topological polar surface area (TPSA) is 27.7 Å². The van der Waals surface area contributed by atoms with Crippen molar-refractivity contribution in [1.29, 1.82) is 0 Å². The molecule has 1 aromatic carbocycles. The number of unbranched alkanes of at least 4 members (excludes halogenated alkanes) is 1. The van der Waals surface area contributed by atoms with Gasteiger partial charge in [-0.25, -0.2) is 0 Å². The van der Waals surface area contributed by atoms with Crippen LogP contribution in [0.3, 0.4) is 0 Å². The second-order valence-electron chi connectivity index (χ2n) is 9.22. The summed E-state index contributed by atoms with van der Waals surface area (Å²) in [5.74, 6) is 2.70. The van der Waals surface area contributed by atoms with Gasteiger partial charge >= 0.3 is 9.28 Å². The molecular formula is C25H44O3Si. The van der Waals surface area contributed by atoms with Crippen LogP contribution in [0.5, 0.6) is 5.75 Å². The van der Waals surface area contributed by atoms with Crippen LogP contribution < -0.4 is 4.74 Å². The van der Waals surface area contributed by atoms with Crippen molar-refractivity contribution < 1.29 is 13.6 Å². The van der Waals surface area contributed by atoms with E-state index >= 15 is 0 Å². The first-order valence-electron chi connectivity index (χ1n) is 12.0. The third kappa shape index (κ3) is 9.67. The second kappa shape index (κ2) is 13.5. The van der Waals surface area contributed by atoms with Gasteiger partial charge in [0.25, 0.3) is 0 Å². The lowest BCUT2D eigenvalue weighted by molar-refractivity contribution is 0.128. The smallest absolute Gasteiger partial charge is 0.321 e. The van der Waals surface area contributed by atoms with E-state index in [0.717, 1.165) is 36.7 Å². The van der Waals surface area contributed by atoms with Gasteiger partial charge in [-0.15, -0.1) is 0 Å². The van der Waals surface area contributed by atoms with Crippen LogP contribution in [0.1, 0.15) is 97.5 Å². The van der Waals surface area contributed by atoms with Gasteiger partial charge in [-0.2, -0.15) is 0 Å². The maximum absolute atomic E-state index is 5.99. The lowest BCUT2D eigenvalue weighted by atomic mass is 9.77. The van der Waals surface area contributed by atoms with E-state index in [1.807, 2.05) is 0 Å². The minimum Gasteiger partial charge on any atom is -0.494 e. The molecule has 1 aromatic rings. The van der Waals surface area contributed by atoms with Crippen LogP contribution in [0.15, 0.2) is 24.3 Å². The zero-order valence-corrected chi connectivity index (χ0v) is 20.6. The highest BCUT2D eigenvalue weighted by Crippen LogP contribution is 2.38. The first kappa shape index (κ1) is 24.4. The molecule has 0 heterocycles. The van der Waals surface area contributed by atoms with E-state index in [1.54, 1.807) is 0 Å². The van der Waals surface area contributed by atoms with Crippen molar-refractivity contribution in [3.05, 3.63) is 29.8 Å². The molecule has 2 rings (SSSR count). The standard InChI is InChI=1S/C25H44O3Si/c1-6-7-9-22-10-12-23(13-11-22)24-14-16-25(17-15-24)26-18-8-19-29(27-20(2)3)28-21(4)5/h14-17,20-23,29H,6-13,18-19H2,1-5H3. The average molecular weight is 421 g/mol. The number of hydrogen-bond donors (Lipinski definition) is 0. The fourth-order valence-corrected chi connectivity index (χ4v) is 6.38. The molecule has 0 spiro atoms. The maximum Gasteiger partial charge on any atom is 0.321 e. The van der Waals surface area contributed by atoms with Gasteiger partial charge in [0.2, 0.25) is 0 Å². The molecule has 166 valence electrons. The molecule has 29 heavy (non-hydrogen) atoms. The summed E-state index contributed by atoms with van der Waals surface area (Å²) in [5.41, 5.74) is 1.49. The quantitative estimate of drug-likeness (QED) is 0.254. The average Bonchev–Trinajstić information content (AvgIpc) is 2.69. The van der Waals surface area contributed by atoms with Crippen molar-refractivity contribution in [1.82, 2.24) is 0 Å². The highest BCUT2D eigenvalue weighted by atomic mass is 28.3. The summed E-state index contributed by atoms with van der Waals surface area (Å²) in [6.45, 7) is 11.4. The molecule has 1 saturated carbocycles. The van der Waals surface area contributed by atoms with Crippen molar-refractivity contribution in [2.45, 2.75) is 110 Å². The van der Waals surface area contributed by atoms with Gasteiger partial charge in [0.05, 0.1) is 6.61 Å². The van der Waals surface area contributed by atoms with Crippen LogP contribution in [0.4, 0.5) is 0 Å². The van der Waals surface area contributed by atoms with Crippen molar-refractivity contribution in [2.75, 3.05) is 6.61 Å². The van der Waals surface area contributed by atoms with Crippen molar-refractivity contribution in [2.24, 2.45) is 5.92 Å². The van der Waals surface area contributed by atoms with Crippen molar-refractivity contribution in [3.63, 3.8) is 0 Å². The summed E-state index contributed by atoms with van der Waals surface area (Å²) in [7, 11) is -1.60. The van der Waals surface area contributed by atoms with Gasteiger partial charge < -0.3 is 13.6 Å². The van der Waals surface area contributed by atoms with Crippen LogP contribution >= 0.6 is 0 Å². The van der Waals surface area contributed by atoms with Gasteiger partial charge in [-0.3, -0.25) is 0 Å². The van der Waals surface area contributed by atoms with Crippen molar-refractivity contribution in [3.8, 4) is 5.75 Å². The third-order valence-electron chi connectivity index (χ3n) is 5.86. The normalized spacial score (nSPS) is 20.0. The van der Waals surface area contributed by atoms with E-state index in [-0.39, 0.29) is 12.2 Å². The van der Waals surface area contributed by atoms with Crippen LogP contribution in [0.25, 0.3) is 0 Å². The molecule has 0 saturated heterocycles. The molecule has 3 nitrogen and oxygen atoms in total. The third-order valence-corrected chi connectivity index (χ3v) is 8.44. The Morgan fingerprint density at radius 2 is 1.52 bits per heavy atom. The Balaban J connectivity index is 1.70. The van der Waals surface area contributed by atoms with Gasteiger partial charge in [0.15, 0.2) is 0 Å². The Labute approximate surface area is 181 Å². The number of hydrogen-bond acceptors (Lipinski definition) is 3. The van der Waals surface area contributed by atoms with Gasteiger partial charge in [-0.1, -0.05) is 38.3 Å². The molecule has 0 atom stereocenters. The molecule has 0 unspecified atom stereocenters. The zero-order chi connectivity index (χ0) is 21.1. The Hall–Kier alpha value is -0.843. The molecule has 0 bridgehead atoms. The van der Waals surface area contributed by atoms with Crippen LogP contribution in [0, 0.1) is 5.92 Å². The van der Waals surface area contributed by atoms with E-state index in [0.29, 0.717) is 0 Å². The van der Waals surface area contributed by atoms with Gasteiger partial charge in [-0.05, 0) is 95.4 Å². The SMILES string of the molecule is CCCCC1CCC(c2ccc(OCCC[SiH](OC(C)C)OC(C)C)cc2)CC1. The van der Waals surface area contributed by atoms with Crippen LogP contribution in [-0.2, 0) is 8.85 Å². The molecular weight excluding hydrogens is 376 g/mol. The monoisotopic (exact) mass is 420 g/mol.